The zero-order valence-electron chi connectivity index (χ0n) is 26.3. The molecular weight excluding hydrogens is 587 g/mol. The van der Waals surface area contributed by atoms with Crippen LogP contribution in [0.15, 0.2) is 222 Å². The SMILES string of the molecule is O=C(C[S+](c1ccccc1)c1ccccc1)c1ccccc1.c1ccc([B-](c2ccccc2)(c2ccccc2)c2ccccc2)cc1. The number of rotatable bonds is 9. The summed E-state index contributed by atoms with van der Waals surface area (Å²) in [4.78, 5) is 15.0. The van der Waals surface area contributed by atoms with E-state index >= 15 is 0 Å². The van der Waals surface area contributed by atoms with E-state index in [1.807, 2.05) is 66.7 Å². The van der Waals surface area contributed by atoms with Gasteiger partial charge in [-0.05, 0) is 24.3 Å². The Morgan fingerprint density at radius 2 is 0.617 bits per heavy atom. The Morgan fingerprint density at radius 3 is 0.915 bits per heavy atom. The molecule has 0 spiro atoms. The van der Waals surface area contributed by atoms with Crippen LogP contribution < -0.4 is 21.9 Å². The average Bonchev–Trinajstić information content (AvgIpc) is 3.17. The van der Waals surface area contributed by atoms with Crippen molar-refractivity contribution in [2.75, 3.05) is 5.75 Å². The quantitative estimate of drug-likeness (QED) is 0.0916. The lowest BCUT2D eigenvalue weighted by molar-refractivity contribution is 0.102. The third-order valence-corrected chi connectivity index (χ3v) is 10.9. The predicted octanol–water partition coefficient (Wildman–Crippen LogP) is 7.67. The van der Waals surface area contributed by atoms with Crippen molar-refractivity contribution in [3.05, 3.63) is 218 Å². The first kappa shape index (κ1) is 31.6. The second kappa shape index (κ2) is 15.8. The summed E-state index contributed by atoms with van der Waals surface area (Å²) < 4.78 is 0. The lowest BCUT2D eigenvalue weighted by Crippen LogP contribution is -2.74. The van der Waals surface area contributed by atoms with Crippen molar-refractivity contribution >= 4 is 44.7 Å². The number of carbonyl (C=O) groups excluding carboxylic acids is 1. The highest BCUT2D eigenvalue weighted by molar-refractivity contribution is 7.97. The van der Waals surface area contributed by atoms with Gasteiger partial charge in [-0.25, -0.2) is 0 Å². The molecule has 0 aliphatic carbocycles. The minimum absolute atomic E-state index is 0.191. The van der Waals surface area contributed by atoms with Gasteiger partial charge >= 0.3 is 0 Å². The zero-order chi connectivity index (χ0) is 32.2. The Hall–Kier alpha value is -5.38. The largest absolute Gasteiger partial charge is 0.289 e. The Bertz CT molecular complexity index is 1730. The molecule has 0 unspecified atom stereocenters. The van der Waals surface area contributed by atoms with Crippen LogP contribution in [0.5, 0.6) is 0 Å². The second-order valence-corrected chi connectivity index (χ2v) is 13.5. The average molecular weight is 625 g/mol. The van der Waals surface area contributed by atoms with Gasteiger partial charge < -0.3 is 0 Å². The molecule has 7 aromatic rings. The van der Waals surface area contributed by atoms with Gasteiger partial charge in [0, 0.05) is 5.56 Å². The lowest BCUT2D eigenvalue weighted by Gasteiger charge is -2.44. The van der Waals surface area contributed by atoms with Crippen LogP contribution in [0, 0.1) is 0 Å². The molecule has 1 nitrogen and oxygen atoms in total. The maximum absolute atomic E-state index is 12.6. The number of Topliss-reactive ketones (excluding diaryl/α,β-unsaturated/α-hetero) is 1. The van der Waals surface area contributed by atoms with E-state index in [0.29, 0.717) is 5.75 Å². The smallest absolute Gasteiger partial charge is 0.212 e. The van der Waals surface area contributed by atoms with E-state index in [9.17, 15) is 4.79 Å². The first-order chi connectivity index (χ1) is 23.3. The van der Waals surface area contributed by atoms with E-state index in [0.717, 1.165) is 5.56 Å². The van der Waals surface area contributed by atoms with Crippen molar-refractivity contribution < 1.29 is 4.79 Å². The van der Waals surface area contributed by atoms with Gasteiger partial charge in [0.2, 0.25) is 5.78 Å². The van der Waals surface area contributed by atoms with E-state index in [-0.39, 0.29) is 16.7 Å². The van der Waals surface area contributed by atoms with Gasteiger partial charge in [0.15, 0.2) is 15.5 Å². The van der Waals surface area contributed by atoms with Crippen molar-refractivity contribution in [1.29, 1.82) is 0 Å². The number of hydrogen-bond donors (Lipinski definition) is 0. The topological polar surface area (TPSA) is 17.1 Å². The molecule has 228 valence electrons. The molecule has 0 atom stereocenters. The summed E-state index contributed by atoms with van der Waals surface area (Å²) in [7, 11) is -0.231. The molecular formula is C44H37BOS. The fourth-order valence-electron chi connectivity index (χ4n) is 6.43. The van der Waals surface area contributed by atoms with Crippen molar-refractivity contribution in [1.82, 2.24) is 0 Å². The van der Waals surface area contributed by atoms with E-state index in [2.05, 4.69) is 146 Å². The third kappa shape index (κ3) is 7.38. The summed E-state index contributed by atoms with van der Waals surface area (Å²) >= 11 is 0. The van der Waals surface area contributed by atoms with E-state index in [1.165, 1.54) is 31.6 Å². The molecule has 0 N–H and O–H groups in total. The molecule has 0 aromatic heterocycles. The van der Waals surface area contributed by atoms with Crippen molar-refractivity contribution in [3.8, 4) is 0 Å². The van der Waals surface area contributed by atoms with Gasteiger partial charge in [-0.1, -0.05) is 188 Å². The minimum atomic E-state index is -1.22. The van der Waals surface area contributed by atoms with Crippen LogP contribution in [0.3, 0.4) is 0 Å². The fraction of sp³-hybridized carbons (Fsp3) is 0.0227. The van der Waals surface area contributed by atoms with Crippen LogP contribution >= 0.6 is 0 Å². The number of benzene rings is 7. The molecule has 7 rings (SSSR count). The molecule has 0 bridgehead atoms. The summed E-state index contributed by atoms with van der Waals surface area (Å²) in [5.41, 5.74) is 6.14. The van der Waals surface area contributed by atoms with Gasteiger partial charge in [0.1, 0.15) is 6.15 Å². The zero-order valence-corrected chi connectivity index (χ0v) is 27.1. The normalized spacial score (nSPS) is 10.9. The maximum Gasteiger partial charge on any atom is 0.212 e. The van der Waals surface area contributed by atoms with Gasteiger partial charge in [-0.2, -0.15) is 21.9 Å². The summed E-state index contributed by atoms with van der Waals surface area (Å²) in [5, 5.41) is 0. The van der Waals surface area contributed by atoms with Crippen LogP contribution in [0.1, 0.15) is 10.4 Å². The molecule has 0 amide bonds. The molecule has 0 radical (unpaired) electrons. The molecule has 0 fully saturated rings. The van der Waals surface area contributed by atoms with Gasteiger partial charge in [-0.15, -0.1) is 0 Å². The van der Waals surface area contributed by atoms with Crippen LogP contribution in [0.4, 0.5) is 0 Å². The van der Waals surface area contributed by atoms with Crippen molar-refractivity contribution in [3.63, 3.8) is 0 Å². The summed E-state index contributed by atoms with van der Waals surface area (Å²) in [5.74, 6) is 0.703. The second-order valence-electron chi connectivity index (χ2n) is 11.5. The van der Waals surface area contributed by atoms with E-state index < -0.39 is 6.15 Å². The van der Waals surface area contributed by atoms with E-state index in [4.69, 9.17) is 0 Å². The van der Waals surface area contributed by atoms with Crippen molar-refractivity contribution in [2.45, 2.75) is 9.79 Å². The molecule has 0 aliphatic heterocycles. The summed E-state index contributed by atoms with van der Waals surface area (Å²) in [6, 6.07) is 73.6. The Balaban J connectivity index is 0.000000166. The Morgan fingerprint density at radius 1 is 0.362 bits per heavy atom. The molecule has 47 heavy (non-hydrogen) atoms. The molecule has 7 aromatic carbocycles. The van der Waals surface area contributed by atoms with Crippen LogP contribution in [0.2, 0.25) is 0 Å². The molecule has 0 saturated carbocycles. The standard InChI is InChI=1S/C24H20B.C20H17OS/c1-5-13-21(14-6-1)25(22-15-7-2-8-16-22,23-17-9-3-10-18-23)24-19-11-4-12-20-24;21-20(17-10-4-1-5-11-17)16-22(18-12-6-2-7-13-18)19-14-8-3-9-15-19/h1-20H;1-15H,16H2/q-1;+1. The van der Waals surface area contributed by atoms with Crippen molar-refractivity contribution in [2.24, 2.45) is 0 Å². The van der Waals surface area contributed by atoms with Crippen LogP contribution in [0.25, 0.3) is 0 Å². The first-order valence-corrected chi connectivity index (χ1v) is 17.4. The maximum atomic E-state index is 12.6. The summed E-state index contributed by atoms with van der Waals surface area (Å²) in [6.07, 6.45) is -1.22. The Labute approximate surface area is 281 Å². The van der Waals surface area contributed by atoms with Gasteiger partial charge in [0.05, 0.1) is 10.9 Å². The highest BCUT2D eigenvalue weighted by Gasteiger charge is 2.31. The number of carbonyl (C=O) groups is 1. The first-order valence-electron chi connectivity index (χ1n) is 16.0. The van der Waals surface area contributed by atoms with Crippen LogP contribution in [-0.2, 0) is 10.9 Å². The molecule has 3 heteroatoms. The molecule has 0 heterocycles. The van der Waals surface area contributed by atoms with E-state index in [1.54, 1.807) is 0 Å². The monoisotopic (exact) mass is 624 g/mol. The fourth-order valence-corrected chi connectivity index (χ4v) is 8.44. The summed E-state index contributed by atoms with van der Waals surface area (Å²) in [6.45, 7) is 0. The minimum Gasteiger partial charge on any atom is -0.289 e. The molecule has 0 aliphatic rings. The van der Waals surface area contributed by atoms with Gasteiger partial charge in [0.25, 0.3) is 0 Å². The van der Waals surface area contributed by atoms with Crippen LogP contribution in [-0.4, -0.2) is 17.7 Å². The Kier molecular flexibility index (Phi) is 10.6. The lowest BCUT2D eigenvalue weighted by atomic mass is 9.13. The number of hydrogen-bond acceptors (Lipinski definition) is 1. The number of ketones is 1. The third-order valence-electron chi connectivity index (χ3n) is 8.62. The van der Waals surface area contributed by atoms with Gasteiger partial charge in [-0.3, -0.25) is 4.79 Å². The highest BCUT2D eigenvalue weighted by Crippen LogP contribution is 2.24. The molecule has 0 saturated heterocycles. The predicted molar refractivity (Wildman–Crippen MR) is 202 cm³/mol. The highest BCUT2D eigenvalue weighted by atomic mass is 32.2.